The molecule has 5 rings (SSSR count). The highest BCUT2D eigenvalue weighted by Crippen LogP contribution is 2.70. The van der Waals surface area contributed by atoms with Crippen LogP contribution in [0, 0.1) is 22.7 Å². The van der Waals surface area contributed by atoms with Crippen molar-refractivity contribution < 1.29 is 29.6 Å². The molecule has 0 amide bonds. The summed E-state index contributed by atoms with van der Waals surface area (Å²) in [7, 11) is 0. The number of fused-ring (bicyclic) bond motifs is 5. The number of rotatable bonds is 1. The van der Waals surface area contributed by atoms with Crippen molar-refractivity contribution in [2.24, 2.45) is 22.7 Å². The Morgan fingerprint density at radius 1 is 1.00 bits per heavy atom. The van der Waals surface area contributed by atoms with Crippen molar-refractivity contribution in [1.82, 2.24) is 0 Å². The van der Waals surface area contributed by atoms with E-state index in [2.05, 4.69) is 0 Å². The topological polar surface area (TPSA) is 128 Å². The third-order valence-corrected chi connectivity index (χ3v) is 9.94. The Kier molecular flexibility index (Phi) is 4.47. The molecule has 9 atom stereocenters. The van der Waals surface area contributed by atoms with Crippen molar-refractivity contribution >= 4 is 5.78 Å². The molecule has 7 heteroatoms. The molecule has 4 aliphatic rings. The number of hydrogen-bond acceptors (Lipinski definition) is 7. The molecular weight excluding hydrogens is 400 g/mol. The summed E-state index contributed by atoms with van der Waals surface area (Å²) >= 11 is 0. The molecule has 31 heavy (non-hydrogen) atoms. The fraction of sp³-hybridized carbons (Fsp3) is 0.750. The Morgan fingerprint density at radius 2 is 1.74 bits per heavy atom. The van der Waals surface area contributed by atoms with Crippen molar-refractivity contribution in [3.05, 3.63) is 34.4 Å². The van der Waals surface area contributed by atoms with Crippen molar-refractivity contribution in [2.45, 2.75) is 88.1 Å². The first-order valence-corrected chi connectivity index (χ1v) is 11.4. The number of ketones is 1. The number of Topliss-reactive ketones (excluding diaryl/α,β-unsaturated/α-hetero) is 1. The van der Waals surface area contributed by atoms with Crippen LogP contribution in [0.2, 0.25) is 0 Å². The third kappa shape index (κ3) is 2.49. The maximum atomic E-state index is 13.8. The number of aliphatic hydroxyl groups excluding tert-OH is 2. The van der Waals surface area contributed by atoms with E-state index in [0.717, 1.165) is 0 Å². The molecule has 1 aromatic rings. The van der Waals surface area contributed by atoms with Gasteiger partial charge in [-0.25, -0.2) is 4.79 Å². The molecule has 0 unspecified atom stereocenters. The largest absolute Gasteiger partial charge is 0.431 e. The SMILES string of the molecule is C[C@]12CC[C@@H](O)C[C@@]1(O)CC[C@@H]1[C@@H]2[C@H](O)C(=O)[C@]2(C)[C@@H](c3ccc(=O)oc3)CC[C@]12O. The van der Waals surface area contributed by atoms with E-state index < -0.39 is 51.6 Å². The van der Waals surface area contributed by atoms with E-state index >= 15 is 0 Å². The molecule has 1 heterocycles. The summed E-state index contributed by atoms with van der Waals surface area (Å²) in [5, 5.41) is 45.2. The van der Waals surface area contributed by atoms with E-state index in [1.165, 1.54) is 12.3 Å². The number of carbonyl (C=O) groups is 1. The Hall–Kier alpha value is -1.54. The zero-order valence-corrected chi connectivity index (χ0v) is 18.1. The minimum Gasteiger partial charge on any atom is -0.431 e. The van der Waals surface area contributed by atoms with Crippen molar-refractivity contribution in [3.8, 4) is 0 Å². The average Bonchev–Trinajstić information content (AvgIpc) is 3.00. The first kappa shape index (κ1) is 21.3. The number of aliphatic hydroxyl groups is 4. The lowest BCUT2D eigenvalue weighted by atomic mass is 9.41. The van der Waals surface area contributed by atoms with E-state index in [1.54, 1.807) is 13.0 Å². The summed E-state index contributed by atoms with van der Waals surface area (Å²) in [6.45, 7) is 3.65. The number of hydrogen-bond donors (Lipinski definition) is 4. The van der Waals surface area contributed by atoms with E-state index in [9.17, 15) is 30.0 Å². The van der Waals surface area contributed by atoms with E-state index in [-0.39, 0.29) is 18.3 Å². The standard InChI is InChI=1S/C24H32O7/c1-21-8-5-14(25)11-23(21,29)9-6-16-18(21)19(27)20(28)22(2)15(7-10-24(16,22)30)13-3-4-17(26)31-12-13/h3-4,12,14-16,18-19,25,27,29-30H,5-11H2,1-2H3/t14-,15-,16-,18-,19+,21-,22+,23+,24+/m1/s1. The average molecular weight is 433 g/mol. The van der Waals surface area contributed by atoms with Gasteiger partial charge in [0.05, 0.1) is 29.0 Å². The van der Waals surface area contributed by atoms with Gasteiger partial charge in [0.1, 0.15) is 6.10 Å². The summed E-state index contributed by atoms with van der Waals surface area (Å²) in [4.78, 5) is 25.2. The Morgan fingerprint density at radius 3 is 2.42 bits per heavy atom. The van der Waals surface area contributed by atoms with Crippen LogP contribution in [0.15, 0.2) is 27.6 Å². The molecule has 4 aliphatic carbocycles. The maximum Gasteiger partial charge on any atom is 0.335 e. The lowest BCUT2D eigenvalue weighted by Gasteiger charge is -2.66. The van der Waals surface area contributed by atoms with Crippen molar-refractivity contribution in [2.75, 3.05) is 0 Å². The van der Waals surface area contributed by atoms with Crippen molar-refractivity contribution in [3.63, 3.8) is 0 Å². The van der Waals surface area contributed by atoms with Gasteiger partial charge in [-0.15, -0.1) is 0 Å². The minimum absolute atomic E-state index is 0.231. The Balaban J connectivity index is 1.60. The van der Waals surface area contributed by atoms with Gasteiger partial charge in [0, 0.05) is 29.7 Å². The van der Waals surface area contributed by atoms with Gasteiger partial charge in [0.2, 0.25) is 0 Å². The van der Waals surface area contributed by atoms with Crippen molar-refractivity contribution in [1.29, 1.82) is 0 Å². The summed E-state index contributed by atoms with van der Waals surface area (Å²) in [5.41, 5.74) is -4.27. The van der Waals surface area contributed by atoms with Gasteiger partial charge in [-0.3, -0.25) is 4.79 Å². The van der Waals surface area contributed by atoms with Gasteiger partial charge in [0.15, 0.2) is 5.78 Å². The highest BCUT2D eigenvalue weighted by atomic mass is 16.4. The highest BCUT2D eigenvalue weighted by molar-refractivity contribution is 5.93. The molecule has 0 spiro atoms. The first-order chi connectivity index (χ1) is 14.5. The van der Waals surface area contributed by atoms with Crippen LogP contribution in [0.25, 0.3) is 0 Å². The second kappa shape index (κ2) is 6.50. The molecular formula is C24H32O7. The molecule has 1 aromatic heterocycles. The quantitative estimate of drug-likeness (QED) is 0.529. The van der Waals surface area contributed by atoms with Gasteiger partial charge in [-0.05, 0) is 63.0 Å². The van der Waals surface area contributed by atoms with Gasteiger partial charge in [0.25, 0.3) is 0 Å². The fourth-order valence-corrected chi connectivity index (χ4v) is 8.12. The molecule has 170 valence electrons. The lowest BCUT2D eigenvalue weighted by Crippen LogP contribution is -2.73. The monoisotopic (exact) mass is 432 g/mol. The molecule has 4 fully saturated rings. The lowest BCUT2D eigenvalue weighted by molar-refractivity contribution is -0.265. The second-order valence-electron chi connectivity index (χ2n) is 10.9. The molecule has 0 saturated heterocycles. The Labute approximate surface area is 181 Å². The molecule has 7 nitrogen and oxygen atoms in total. The van der Waals surface area contributed by atoms with E-state index in [1.807, 2.05) is 6.92 Å². The molecule has 0 aromatic carbocycles. The van der Waals surface area contributed by atoms with Crippen LogP contribution >= 0.6 is 0 Å². The zero-order valence-electron chi connectivity index (χ0n) is 18.1. The fourth-order valence-electron chi connectivity index (χ4n) is 8.12. The molecule has 0 radical (unpaired) electrons. The summed E-state index contributed by atoms with van der Waals surface area (Å²) in [6, 6.07) is 2.96. The van der Waals surface area contributed by atoms with Crippen LogP contribution in [0.5, 0.6) is 0 Å². The second-order valence-corrected chi connectivity index (χ2v) is 10.9. The van der Waals surface area contributed by atoms with E-state index in [0.29, 0.717) is 44.1 Å². The maximum absolute atomic E-state index is 13.8. The normalized spacial score (nSPS) is 51.7. The van der Waals surface area contributed by atoms with Crippen LogP contribution in [0.1, 0.15) is 70.3 Å². The molecule has 4 saturated carbocycles. The highest BCUT2D eigenvalue weighted by Gasteiger charge is 2.75. The van der Waals surface area contributed by atoms with Crippen LogP contribution in [0.3, 0.4) is 0 Å². The Bertz CT molecular complexity index is 952. The predicted octanol–water partition coefficient (Wildman–Crippen LogP) is 1.51. The molecule has 4 N–H and O–H groups in total. The van der Waals surface area contributed by atoms with Crippen LogP contribution in [-0.4, -0.2) is 49.6 Å². The third-order valence-electron chi connectivity index (χ3n) is 9.94. The first-order valence-electron chi connectivity index (χ1n) is 11.4. The number of carbonyl (C=O) groups excluding carboxylic acids is 1. The van der Waals surface area contributed by atoms with Gasteiger partial charge in [-0.2, -0.15) is 0 Å². The zero-order chi connectivity index (χ0) is 22.4. The van der Waals surface area contributed by atoms with Gasteiger partial charge < -0.3 is 24.8 Å². The van der Waals surface area contributed by atoms with Gasteiger partial charge >= 0.3 is 5.63 Å². The predicted molar refractivity (Wildman–Crippen MR) is 110 cm³/mol. The minimum atomic E-state index is -1.32. The van der Waals surface area contributed by atoms with Gasteiger partial charge in [-0.1, -0.05) is 6.92 Å². The molecule has 0 aliphatic heterocycles. The molecule has 0 bridgehead atoms. The summed E-state index contributed by atoms with van der Waals surface area (Å²) < 4.78 is 5.04. The van der Waals surface area contributed by atoms with Crippen LogP contribution < -0.4 is 5.63 Å². The van der Waals surface area contributed by atoms with E-state index in [4.69, 9.17) is 4.42 Å². The summed E-state index contributed by atoms with van der Waals surface area (Å²) in [6.07, 6.45) is 2.55. The smallest absolute Gasteiger partial charge is 0.335 e. The summed E-state index contributed by atoms with van der Waals surface area (Å²) in [5.74, 6) is -1.68. The van der Waals surface area contributed by atoms with Crippen LogP contribution in [0.4, 0.5) is 0 Å². The van der Waals surface area contributed by atoms with Crippen LogP contribution in [-0.2, 0) is 4.79 Å².